The maximum atomic E-state index is 12.1. The number of benzene rings is 1. The molecule has 0 aliphatic carbocycles. The summed E-state index contributed by atoms with van der Waals surface area (Å²) in [4.78, 5) is 0.302. The van der Waals surface area contributed by atoms with Crippen LogP contribution in [0.4, 0.5) is 0 Å². The highest BCUT2D eigenvalue weighted by molar-refractivity contribution is 7.89. The second kappa shape index (κ2) is 3.99. The Morgan fingerprint density at radius 1 is 1.29 bits per heavy atom. The van der Waals surface area contributed by atoms with Crippen molar-refractivity contribution in [1.29, 1.82) is 0 Å². The fourth-order valence-corrected chi connectivity index (χ4v) is 3.26. The highest BCUT2D eigenvalue weighted by Crippen LogP contribution is 2.27. The largest absolute Gasteiger partial charge is 0.493 e. The number of sulfonamides is 1. The summed E-state index contributed by atoms with van der Waals surface area (Å²) in [6.07, 6.45) is 0.772. The van der Waals surface area contributed by atoms with Gasteiger partial charge in [-0.3, -0.25) is 0 Å². The molecule has 2 rings (SSSR count). The first-order valence-corrected chi connectivity index (χ1v) is 7.06. The Morgan fingerprint density at radius 3 is 2.65 bits per heavy atom. The molecule has 0 atom stereocenters. The fraction of sp³-hybridized carbons (Fsp3) is 0.500. The molecule has 0 saturated heterocycles. The van der Waals surface area contributed by atoms with Crippen LogP contribution < -0.4 is 9.46 Å². The lowest BCUT2D eigenvalue weighted by molar-refractivity contribution is 0.356. The van der Waals surface area contributed by atoms with E-state index >= 15 is 0 Å². The first-order valence-electron chi connectivity index (χ1n) is 5.58. The number of fused-ring (bicyclic) bond motifs is 1. The Hall–Kier alpha value is -1.07. The van der Waals surface area contributed by atoms with Gasteiger partial charge in [-0.2, -0.15) is 0 Å². The molecule has 0 fully saturated rings. The van der Waals surface area contributed by atoms with E-state index in [2.05, 4.69) is 4.72 Å². The number of hydrogen-bond donors (Lipinski definition) is 1. The topological polar surface area (TPSA) is 55.4 Å². The van der Waals surface area contributed by atoms with Crippen molar-refractivity contribution in [3.8, 4) is 5.75 Å². The maximum Gasteiger partial charge on any atom is 0.241 e. The predicted molar refractivity (Wildman–Crippen MR) is 65.7 cm³/mol. The second-order valence-corrected chi connectivity index (χ2v) is 6.91. The highest BCUT2D eigenvalue weighted by atomic mass is 32.2. The normalized spacial score (nSPS) is 15.5. The summed E-state index contributed by atoms with van der Waals surface area (Å²) in [6, 6.07) is 4.99. The SMILES string of the molecule is CC(C)(C)NS(=O)(=O)c1ccc2c(c1)CCO2. The van der Waals surface area contributed by atoms with Crippen molar-refractivity contribution in [1.82, 2.24) is 4.72 Å². The van der Waals surface area contributed by atoms with Gasteiger partial charge in [0.05, 0.1) is 11.5 Å². The molecule has 0 aromatic heterocycles. The van der Waals surface area contributed by atoms with Gasteiger partial charge in [-0.05, 0) is 44.5 Å². The first-order chi connectivity index (χ1) is 7.78. The minimum atomic E-state index is -3.45. The van der Waals surface area contributed by atoms with Gasteiger partial charge in [-0.15, -0.1) is 0 Å². The Labute approximate surface area is 102 Å². The molecule has 0 unspecified atom stereocenters. The van der Waals surface area contributed by atoms with Crippen LogP contribution in [0.2, 0.25) is 0 Å². The molecule has 0 radical (unpaired) electrons. The third-order valence-electron chi connectivity index (χ3n) is 2.41. The van der Waals surface area contributed by atoms with Crippen LogP contribution in [0.3, 0.4) is 0 Å². The fourth-order valence-electron chi connectivity index (χ4n) is 1.79. The van der Waals surface area contributed by atoms with Crippen LogP contribution in [0.15, 0.2) is 23.1 Å². The van der Waals surface area contributed by atoms with E-state index in [-0.39, 0.29) is 0 Å². The van der Waals surface area contributed by atoms with Crippen LogP contribution in [0, 0.1) is 0 Å². The summed E-state index contributed by atoms with van der Waals surface area (Å²) in [6.45, 7) is 6.09. The molecule has 4 nitrogen and oxygen atoms in total. The Kier molecular flexibility index (Phi) is 2.91. The molecule has 0 saturated carbocycles. The summed E-state index contributed by atoms with van der Waals surface area (Å²) < 4.78 is 32.2. The molecule has 0 bridgehead atoms. The van der Waals surface area contributed by atoms with Crippen molar-refractivity contribution >= 4 is 10.0 Å². The molecule has 0 spiro atoms. The zero-order valence-electron chi connectivity index (χ0n) is 10.3. The van der Waals surface area contributed by atoms with Crippen molar-refractivity contribution in [3.63, 3.8) is 0 Å². The number of ether oxygens (including phenoxy) is 1. The maximum absolute atomic E-state index is 12.1. The van der Waals surface area contributed by atoms with Crippen molar-refractivity contribution in [2.75, 3.05) is 6.61 Å². The van der Waals surface area contributed by atoms with Gasteiger partial charge < -0.3 is 4.74 Å². The Morgan fingerprint density at radius 2 is 2.00 bits per heavy atom. The van der Waals surface area contributed by atoms with E-state index in [4.69, 9.17) is 4.74 Å². The molecule has 1 aromatic carbocycles. The average molecular weight is 255 g/mol. The van der Waals surface area contributed by atoms with Crippen LogP contribution in [0.25, 0.3) is 0 Å². The van der Waals surface area contributed by atoms with E-state index in [0.29, 0.717) is 11.5 Å². The molecule has 1 N–H and O–H groups in total. The van der Waals surface area contributed by atoms with Crippen LogP contribution >= 0.6 is 0 Å². The molecule has 0 amide bonds. The van der Waals surface area contributed by atoms with Crippen molar-refractivity contribution in [3.05, 3.63) is 23.8 Å². The van der Waals surface area contributed by atoms with Crippen molar-refractivity contribution in [2.24, 2.45) is 0 Å². The van der Waals surface area contributed by atoms with Gasteiger partial charge in [-0.1, -0.05) is 0 Å². The van der Waals surface area contributed by atoms with Gasteiger partial charge in [0.25, 0.3) is 0 Å². The van der Waals surface area contributed by atoms with Gasteiger partial charge in [0.15, 0.2) is 0 Å². The Balaban J connectivity index is 2.34. The van der Waals surface area contributed by atoms with Crippen molar-refractivity contribution < 1.29 is 13.2 Å². The van der Waals surface area contributed by atoms with Gasteiger partial charge in [0.2, 0.25) is 10.0 Å². The summed E-state index contributed by atoms with van der Waals surface area (Å²) >= 11 is 0. The van der Waals surface area contributed by atoms with E-state index in [1.54, 1.807) is 18.2 Å². The van der Waals surface area contributed by atoms with Gasteiger partial charge in [-0.25, -0.2) is 13.1 Å². The molecule has 94 valence electrons. The number of rotatable bonds is 2. The molecular formula is C12H17NO3S. The third-order valence-corrected chi connectivity index (χ3v) is 4.17. The molecule has 1 heterocycles. The van der Waals surface area contributed by atoms with Crippen LogP contribution in [0.1, 0.15) is 26.3 Å². The minimum Gasteiger partial charge on any atom is -0.493 e. The standard InChI is InChI=1S/C12H17NO3S/c1-12(2,3)13-17(14,15)10-4-5-11-9(8-10)6-7-16-11/h4-5,8,13H,6-7H2,1-3H3. The van der Waals surface area contributed by atoms with Gasteiger partial charge in [0, 0.05) is 12.0 Å². The summed E-state index contributed by atoms with van der Waals surface area (Å²) in [5.41, 5.74) is 0.482. The lowest BCUT2D eigenvalue weighted by Crippen LogP contribution is -2.40. The van der Waals surface area contributed by atoms with E-state index in [0.717, 1.165) is 17.7 Å². The highest BCUT2D eigenvalue weighted by Gasteiger charge is 2.23. The lowest BCUT2D eigenvalue weighted by Gasteiger charge is -2.20. The van der Waals surface area contributed by atoms with Crippen LogP contribution in [-0.4, -0.2) is 20.6 Å². The van der Waals surface area contributed by atoms with E-state index < -0.39 is 15.6 Å². The molecule has 17 heavy (non-hydrogen) atoms. The number of nitrogens with one attached hydrogen (secondary N) is 1. The van der Waals surface area contributed by atoms with E-state index in [1.165, 1.54) is 0 Å². The Bertz CT molecular complexity index is 529. The summed E-state index contributed by atoms with van der Waals surface area (Å²) in [5, 5.41) is 0. The molecule has 5 heteroatoms. The summed E-state index contributed by atoms with van der Waals surface area (Å²) in [5.74, 6) is 0.791. The molecule has 1 aliphatic heterocycles. The summed E-state index contributed by atoms with van der Waals surface area (Å²) in [7, 11) is -3.45. The average Bonchev–Trinajstić information content (AvgIpc) is 2.59. The quantitative estimate of drug-likeness (QED) is 0.875. The second-order valence-electron chi connectivity index (χ2n) is 5.22. The molecule has 1 aliphatic rings. The lowest BCUT2D eigenvalue weighted by atomic mass is 10.1. The van der Waals surface area contributed by atoms with E-state index in [1.807, 2.05) is 20.8 Å². The monoisotopic (exact) mass is 255 g/mol. The van der Waals surface area contributed by atoms with Gasteiger partial charge >= 0.3 is 0 Å². The zero-order valence-corrected chi connectivity index (χ0v) is 11.1. The zero-order chi connectivity index (χ0) is 12.7. The predicted octanol–water partition coefficient (Wildman–Crippen LogP) is 1.70. The van der Waals surface area contributed by atoms with E-state index in [9.17, 15) is 8.42 Å². The van der Waals surface area contributed by atoms with Crippen molar-refractivity contribution in [2.45, 2.75) is 37.6 Å². The first kappa shape index (κ1) is 12.4. The van der Waals surface area contributed by atoms with Gasteiger partial charge in [0.1, 0.15) is 5.75 Å². The third kappa shape index (κ3) is 2.79. The van der Waals surface area contributed by atoms with Crippen LogP contribution in [-0.2, 0) is 16.4 Å². The van der Waals surface area contributed by atoms with Crippen LogP contribution in [0.5, 0.6) is 5.75 Å². The molecular weight excluding hydrogens is 238 g/mol. The number of hydrogen-bond acceptors (Lipinski definition) is 3. The smallest absolute Gasteiger partial charge is 0.241 e. The molecule has 1 aromatic rings. The minimum absolute atomic E-state index is 0.302.